The van der Waals surface area contributed by atoms with Crippen molar-refractivity contribution in [1.82, 2.24) is 0 Å². The molecule has 0 aromatic carbocycles. The van der Waals surface area contributed by atoms with Crippen LogP contribution in [0.1, 0.15) is 32.6 Å². The van der Waals surface area contributed by atoms with Crippen molar-refractivity contribution in [3.05, 3.63) is 0 Å². The van der Waals surface area contributed by atoms with Crippen LogP contribution in [0.2, 0.25) is 0 Å². The van der Waals surface area contributed by atoms with Crippen molar-refractivity contribution in [2.75, 3.05) is 20.3 Å². The summed E-state index contributed by atoms with van der Waals surface area (Å²) in [6.45, 7) is 2.23. The van der Waals surface area contributed by atoms with Gasteiger partial charge in [-0.25, -0.2) is 4.79 Å². The molecule has 0 aromatic heterocycles. The van der Waals surface area contributed by atoms with Gasteiger partial charge in [-0.2, -0.15) is 0 Å². The molecule has 5 heteroatoms. The lowest BCUT2D eigenvalue weighted by atomic mass is 10.2. The maximum absolute atomic E-state index is 10.5. The van der Waals surface area contributed by atoms with Crippen molar-refractivity contribution in [3.63, 3.8) is 0 Å². The monoisotopic (exact) mass is 218 g/mol. The van der Waals surface area contributed by atoms with E-state index in [9.17, 15) is 9.59 Å². The van der Waals surface area contributed by atoms with E-state index in [2.05, 4.69) is 9.47 Å². The molecule has 0 radical (unpaired) electrons. The number of methoxy groups -OCH3 is 1. The summed E-state index contributed by atoms with van der Waals surface area (Å²) in [7, 11) is 1.28. The molecule has 0 aliphatic rings. The highest BCUT2D eigenvalue weighted by Crippen LogP contribution is 2.01. The number of carbonyl (C=O) groups excluding carboxylic acids is 2. The predicted molar refractivity (Wildman–Crippen MR) is 53.5 cm³/mol. The average Bonchev–Trinajstić information content (AvgIpc) is 2.21. The van der Waals surface area contributed by atoms with Crippen molar-refractivity contribution in [3.8, 4) is 0 Å². The van der Waals surface area contributed by atoms with E-state index in [1.165, 1.54) is 14.0 Å². The third-order valence-corrected chi connectivity index (χ3v) is 1.73. The Labute approximate surface area is 89.7 Å². The van der Waals surface area contributed by atoms with Crippen LogP contribution in [-0.4, -0.2) is 32.4 Å². The lowest BCUT2D eigenvalue weighted by Gasteiger charge is -2.03. The zero-order valence-electron chi connectivity index (χ0n) is 9.28. The van der Waals surface area contributed by atoms with E-state index >= 15 is 0 Å². The fraction of sp³-hybridized carbons (Fsp3) is 0.800. The second-order valence-corrected chi connectivity index (χ2v) is 3.06. The highest BCUT2D eigenvalue weighted by Gasteiger charge is 1.99. The van der Waals surface area contributed by atoms with Crippen LogP contribution in [0.3, 0.4) is 0 Å². The van der Waals surface area contributed by atoms with Crippen LogP contribution in [0.15, 0.2) is 0 Å². The van der Waals surface area contributed by atoms with Crippen LogP contribution in [0.5, 0.6) is 0 Å². The number of hydrogen-bond donors (Lipinski definition) is 0. The summed E-state index contributed by atoms with van der Waals surface area (Å²) >= 11 is 0. The standard InChI is InChI=1S/C10H18O5/c1-9(11)14-7-5-3-4-6-8-15-10(12)13-2/h3-8H2,1-2H3. The minimum atomic E-state index is -0.644. The van der Waals surface area contributed by atoms with E-state index < -0.39 is 6.16 Å². The minimum absolute atomic E-state index is 0.246. The van der Waals surface area contributed by atoms with Gasteiger partial charge in [-0.1, -0.05) is 0 Å². The van der Waals surface area contributed by atoms with Crippen LogP contribution in [-0.2, 0) is 19.0 Å². The average molecular weight is 218 g/mol. The van der Waals surface area contributed by atoms with Gasteiger partial charge in [0, 0.05) is 6.92 Å². The summed E-state index contributed by atoms with van der Waals surface area (Å²) in [5.74, 6) is -0.246. The highest BCUT2D eigenvalue weighted by atomic mass is 16.7. The molecule has 0 bridgehead atoms. The van der Waals surface area contributed by atoms with Crippen molar-refractivity contribution in [1.29, 1.82) is 0 Å². The van der Waals surface area contributed by atoms with Gasteiger partial charge < -0.3 is 14.2 Å². The summed E-state index contributed by atoms with van der Waals surface area (Å²) in [5, 5.41) is 0. The second kappa shape index (κ2) is 9.30. The Kier molecular flexibility index (Phi) is 8.52. The zero-order chi connectivity index (χ0) is 11.5. The Bertz CT molecular complexity index is 190. The van der Waals surface area contributed by atoms with Gasteiger partial charge in [-0.05, 0) is 25.7 Å². The number of hydrogen-bond acceptors (Lipinski definition) is 5. The molecular formula is C10H18O5. The smallest absolute Gasteiger partial charge is 0.466 e. The SMILES string of the molecule is COC(=O)OCCCCCCOC(C)=O. The summed E-state index contributed by atoms with van der Waals surface area (Å²) in [5.41, 5.74) is 0. The molecular weight excluding hydrogens is 200 g/mol. The third-order valence-electron chi connectivity index (χ3n) is 1.73. The molecule has 0 atom stereocenters. The molecule has 88 valence electrons. The summed E-state index contributed by atoms with van der Waals surface area (Å²) < 4.78 is 13.8. The lowest BCUT2D eigenvalue weighted by Crippen LogP contribution is -2.05. The van der Waals surface area contributed by atoms with E-state index in [1.807, 2.05) is 0 Å². The first-order chi connectivity index (χ1) is 7.16. The minimum Gasteiger partial charge on any atom is -0.466 e. The number of rotatable bonds is 7. The van der Waals surface area contributed by atoms with E-state index in [1.54, 1.807) is 0 Å². The largest absolute Gasteiger partial charge is 0.507 e. The van der Waals surface area contributed by atoms with Crippen molar-refractivity contribution in [2.24, 2.45) is 0 Å². The van der Waals surface area contributed by atoms with Crippen LogP contribution in [0.4, 0.5) is 4.79 Å². The van der Waals surface area contributed by atoms with Gasteiger partial charge in [0.2, 0.25) is 0 Å². The first-order valence-electron chi connectivity index (χ1n) is 5.01. The Hall–Kier alpha value is -1.26. The Balaban J connectivity index is 3.05. The van der Waals surface area contributed by atoms with Gasteiger partial charge in [-0.3, -0.25) is 4.79 Å². The topological polar surface area (TPSA) is 61.8 Å². The van der Waals surface area contributed by atoms with Crippen LogP contribution >= 0.6 is 0 Å². The molecule has 0 unspecified atom stereocenters. The third kappa shape index (κ3) is 10.7. The summed E-state index contributed by atoms with van der Waals surface area (Å²) in [4.78, 5) is 20.9. The molecule has 0 heterocycles. The fourth-order valence-corrected chi connectivity index (χ4v) is 0.988. The number of esters is 1. The first kappa shape index (κ1) is 13.7. The molecule has 0 aliphatic heterocycles. The van der Waals surface area contributed by atoms with Crippen LogP contribution in [0, 0.1) is 0 Å². The molecule has 0 N–H and O–H groups in total. The number of carbonyl (C=O) groups is 2. The summed E-state index contributed by atoms with van der Waals surface area (Å²) in [6.07, 6.45) is 2.90. The van der Waals surface area contributed by atoms with E-state index in [-0.39, 0.29) is 5.97 Å². The molecule has 0 saturated heterocycles. The van der Waals surface area contributed by atoms with Crippen molar-refractivity contribution >= 4 is 12.1 Å². The number of ether oxygens (including phenoxy) is 3. The maximum atomic E-state index is 10.5. The van der Waals surface area contributed by atoms with Crippen LogP contribution < -0.4 is 0 Å². The Morgan fingerprint density at radius 1 is 0.933 bits per heavy atom. The fourth-order valence-electron chi connectivity index (χ4n) is 0.988. The van der Waals surface area contributed by atoms with Gasteiger partial charge in [0.15, 0.2) is 0 Å². The molecule has 0 spiro atoms. The van der Waals surface area contributed by atoms with Gasteiger partial charge in [0.25, 0.3) is 0 Å². The van der Waals surface area contributed by atoms with Gasteiger partial charge >= 0.3 is 12.1 Å². The number of unbranched alkanes of at least 4 members (excludes halogenated alkanes) is 3. The van der Waals surface area contributed by atoms with Gasteiger partial charge in [-0.15, -0.1) is 0 Å². The second-order valence-electron chi connectivity index (χ2n) is 3.06. The predicted octanol–water partition coefficient (Wildman–Crippen LogP) is 1.89. The molecule has 5 nitrogen and oxygen atoms in total. The van der Waals surface area contributed by atoms with Crippen molar-refractivity contribution < 1.29 is 23.8 Å². The molecule has 0 rings (SSSR count). The molecule has 0 aliphatic carbocycles. The Morgan fingerprint density at radius 2 is 1.47 bits per heavy atom. The quantitative estimate of drug-likeness (QED) is 0.482. The first-order valence-corrected chi connectivity index (χ1v) is 5.01. The summed E-state index contributed by atoms with van der Waals surface area (Å²) in [6, 6.07) is 0. The lowest BCUT2D eigenvalue weighted by molar-refractivity contribution is -0.141. The van der Waals surface area contributed by atoms with Gasteiger partial charge in [0.1, 0.15) is 0 Å². The van der Waals surface area contributed by atoms with Crippen LogP contribution in [0.25, 0.3) is 0 Å². The molecule has 15 heavy (non-hydrogen) atoms. The zero-order valence-corrected chi connectivity index (χ0v) is 9.28. The van der Waals surface area contributed by atoms with Gasteiger partial charge in [0.05, 0.1) is 20.3 Å². The van der Waals surface area contributed by atoms with E-state index in [0.29, 0.717) is 13.2 Å². The van der Waals surface area contributed by atoms with Crippen molar-refractivity contribution in [2.45, 2.75) is 32.6 Å². The van der Waals surface area contributed by atoms with E-state index in [4.69, 9.17) is 4.74 Å². The molecule has 0 amide bonds. The molecule has 0 saturated carbocycles. The normalized spacial score (nSPS) is 9.47. The van der Waals surface area contributed by atoms with E-state index in [0.717, 1.165) is 25.7 Å². The maximum Gasteiger partial charge on any atom is 0.507 e. The molecule has 0 fully saturated rings. The molecule has 0 aromatic rings. The highest BCUT2D eigenvalue weighted by molar-refractivity contribution is 5.65. The Morgan fingerprint density at radius 3 is 1.93 bits per heavy atom.